The van der Waals surface area contributed by atoms with Gasteiger partial charge in [0.1, 0.15) is 0 Å². The summed E-state index contributed by atoms with van der Waals surface area (Å²) in [7, 11) is 0. The third-order valence-corrected chi connectivity index (χ3v) is 3.43. The van der Waals surface area contributed by atoms with E-state index in [0.717, 1.165) is 20.3 Å². The molecule has 2 aromatic rings. The molecule has 0 unspecified atom stereocenters. The lowest BCUT2D eigenvalue weighted by Crippen LogP contribution is -1.83. The van der Waals surface area contributed by atoms with Gasteiger partial charge >= 0.3 is 0 Å². The van der Waals surface area contributed by atoms with Crippen molar-refractivity contribution in [2.24, 2.45) is 0 Å². The van der Waals surface area contributed by atoms with E-state index in [9.17, 15) is 0 Å². The van der Waals surface area contributed by atoms with E-state index < -0.39 is 0 Å². The smallest absolute Gasteiger partial charge is 0.196 e. The Morgan fingerprint density at radius 3 is 2.88 bits per heavy atom. The van der Waals surface area contributed by atoms with E-state index in [1.54, 1.807) is 6.20 Å². The zero-order valence-electron chi connectivity index (χ0n) is 8.21. The minimum absolute atomic E-state index is 0.513. The number of nitrogens with zero attached hydrogens (tertiary/aromatic N) is 1. The number of halogens is 3. The third-order valence-electron chi connectivity index (χ3n) is 2.06. The average Bonchev–Trinajstić information content (AvgIpc) is 2.71. The molecule has 84 valence electrons. The Morgan fingerprint density at radius 1 is 1.31 bits per heavy atom. The Hall–Kier alpha value is -0.320. The normalized spacial score (nSPS) is 10.7. The molecule has 0 aliphatic carbocycles. The second-order valence-electron chi connectivity index (χ2n) is 3.18. The highest BCUT2D eigenvalue weighted by Gasteiger charge is 2.09. The molecule has 0 atom stereocenters. The van der Waals surface area contributed by atoms with Crippen molar-refractivity contribution in [3.05, 3.63) is 39.2 Å². The summed E-state index contributed by atoms with van der Waals surface area (Å²) < 4.78 is 7.58. The number of aryl methyl sites for hydroxylation is 1. The maximum Gasteiger partial charge on any atom is 0.196 e. The summed E-state index contributed by atoms with van der Waals surface area (Å²) in [5.74, 6) is 1.92. The van der Waals surface area contributed by atoms with Crippen LogP contribution < -0.4 is 0 Å². The van der Waals surface area contributed by atoms with Crippen LogP contribution in [0.3, 0.4) is 0 Å². The number of oxazole rings is 1. The van der Waals surface area contributed by atoms with Crippen molar-refractivity contribution >= 4 is 43.5 Å². The van der Waals surface area contributed by atoms with Gasteiger partial charge in [0.25, 0.3) is 0 Å². The fourth-order valence-electron chi connectivity index (χ4n) is 1.32. The number of hydrogen-bond donors (Lipinski definition) is 0. The van der Waals surface area contributed by atoms with Crippen molar-refractivity contribution in [3.63, 3.8) is 0 Å². The van der Waals surface area contributed by atoms with Crippen molar-refractivity contribution in [2.45, 2.75) is 6.42 Å². The van der Waals surface area contributed by atoms with Crippen LogP contribution in [-0.2, 0) is 6.42 Å². The number of benzene rings is 1. The first-order chi connectivity index (χ1) is 7.70. The van der Waals surface area contributed by atoms with Gasteiger partial charge in [-0.3, -0.25) is 0 Å². The zero-order valence-corrected chi connectivity index (χ0v) is 12.1. The summed E-state index contributed by atoms with van der Waals surface area (Å²) in [6.45, 7) is 0. The highest BCUT2D eigenvalue weighted by Crippen LogP contribution is 2.31. The van der Waals surface area contributed by atoms with Gasteiger partial charge in [0.2, 0.25) is 0 Å². The molecule has 2 nitrogen and oxygen atoms in total. The second-order valence-corrected chi connectivity index (χ2v) is 5.33. The van der Waals surface area contributed by atoms with Crippen molar-refractivity contribution in [3.8, 4) is 11.3 Å². The predicted molar refractivity (Wildman–Crippen MR) is 71.8 cm³/mol. The summed E-state index contributed by atoms with van der Waals surface area (Å²) in [4.78, 5) is 4.17. The molecule has 1 aromatic heterocycles. The highest BCUT2D eigenvalue weighted by molar-refractivity contribution is 9.11. The molecule has 2 rings (SSSR count). The van der Waals surface area contributed by atoms with Crippen LogP contribution in [0.2, 0.25) is 0 Å². The van der Waals surface area contributed by atoms with Gasteiger partial charge in [-0.15, -0.1) is 11.6 Å². The molecule has 0 fully saturated rings. The molecule has 0 amide bonds. The standard InChI is InChI=1S/C11H8Br2ClNO/c12-7-1-2-9(13)8(5-7)10-6-15-11(16-10)3-4-14/h1-2,5-6H,3-4H2. The molecule has 1 aromatic carbocycles. The van der Waals surface area contributed by atoms with Gasteiger partial charge in [-0.25, -0.2) is 4.98 Å². The van der Waals surface area contributed by atoms with E-state index in [2.05, 4.69) is 36.8 Å². The summed E-state index contributed by atoms with van der Waals surface area (Å²) in [6.07, 6.45) is 2.36. The van der Waals surface area contributed by atoms with Crippen LogP contribution in [0.25, 0.3) is 11.3 Å². The molecule has 1 heterocycles. The van der Waals surface area contributed by atoms with E-state index >= 15 is 0 Å². The Kier molecular flexibility index (Phi) is 4.05. The first-order valence-electron chi connectivity index (χ1n) is 4.67. The van der Waals surface area contributed by atoms with Crippen LogP contribution in [0.1, 0.15) is 5.89 Å². The molecule has 0 saturated heterocycles. The van der Waals surface area contributed by atoms with E-state index in [-0.39, 0.29) is 0 Å². The Bertz CT molecular complexity index is 498. The van der Waals surface area contributed by atoms with Crippen molar-refractivity contribution in [1.29, 1.82) is 0 Å². The third kappa shape index (κ3) is 2.67. The molecule has 5 heteroatoms. The van der Waals surface area contributed by atoms with Crippen LogP contribution in [0, 0.1) is 0 Å². The zero-order chi connectivity index (χ0) is 11.5. The van der Waals surface area contributed by atoms with Gasteiger partial charge in [-0.05, 0) is 18.2 Å². The fourth-order valence-corrected chi connectivity index (χ4v) is 2.28. The summed E-state index contributed by atoms with van der Waals surface area (Å²) >= 11 is 12.5. The van der Waals surface area contributed by atoms with Gasteiger partial charge in [0.05, 0.1) is 6.20 Å². The topological polar surface area (TPSA) is 26.0 Å². The maximum absolute atomic E-state index is 5.63. The van der Waals surface area contributed by atoms with Crippen molar-refractivity contribution in [1.82, 2.24) is 4.98 Å². The first kappa shape index (κ1) is 12.1. The second kappa shape index (κ2) is 5.34. The lowest BCUT2D eigenvalue weighted by atomic mass is 10.2. The van der Waals surface area contributed by atoms with Crippen molar-refractivity contribution in [2.75, 3.05) is 5.88 Å². The SMILES string of the molecule is ClCCc1ncc(-c2cc(Br)ccc2Br)o1. The summed E-state index contributed by atoms with van der Waals surface area (Å²) in [6, 6.07) is 5.90. The van der Waals surface area contributed by atoms with Gasteiger partial charge in [-0.1, -0.05) is 31.9 Å². The molecular formula is C11H8Br2ClNO. The largest absolute Gasteiger partial charge is 0.441 e. The van der Waals surface area contributed by atoms with E-state index in [1.807, 2.05) is 18.2 Å². The van der Waals surface area contributed by atoms with Crippen LogP contribution in [-0.4, -0.2) is 10.9 Å². The maximum atomic E-state index is 5.63. The van der Waals surface area contributed by atoms with Gasteiger partial charge in [-0.2, -0.15) is 0 Å². The van der Waals surface area contributed by atoms with Gasteiger partial charge in [0, 0.05) is 26.8 Å². The fraction of sp³-hybridized carbons (Fsp3) is 0.182. The van der Waals surface area contributed by atoms with Crippen LogP contribution in [0.15, 0.2) is 37.8 Å². The Labute approximate surface area is 115 Å². The molecule has 0 radical (unpaired) electrons. The average molecular weight is 365 g/mol. The molecular weight excluding hydrogens is 357 g/mol. The molecule has 0 aliphatic heterocycles. The Balaban J connectivity index is 2.38. The van der Waals surface area contributed by atoms with E-state index in [0.29, 0.717) is 18.2 Å². The van der Waals surface area contributed by atoms with Crippen LogP contribution in [0.4, 0.5) is 0 Å². The van der Waals surface area contributed by atoms with Gasteiger partial charge < -0.3 is 4.42 Å². The quantitative estimate of drug-likeness (QED) is 0.740. The molecule has 0 saturated carbocycles. The lowest BCUT2D eigenvalue weighted by Gasteiger charge is -2.00. The minimum Gasteiger partial charge on any atom is -0.441 e. The van der Waals surface area contributed by atoms with Crippen molar-refractivity contribution < 1.29 is 4.42 Å². The van der Waals surface area contributed by atoms with E-state index in [1.165, 1.54) is 0 Å². The van der Waals surface area contributed by atoms with Crippen LogP contribution in [0.5, 0.6) is 0 Å². The molecule has 0 spiro atoms. The van der Waals surface area contributed by atoms with E-state index in [4.69, 9.17) is 16.0 Å². The lowest BCUT2D eigenvalue weighted by molar-refractivity contribution is 0.514. The van der Waals surface area contributed by atoms with Crippen LogP contribution >= 0.6 is 43.5 Å². The summed E-state index contributed by atoms with van der Waals surface area (Å²) in [5, 5.41) is 0. The predicted octanol–water partition coefficient (Wildman–Crippen LogP) is 4.65. The minimum atomic E-state index is 0.513. The number of alkyl halides is 1. The first-order valence-corrected chi connectivity index (χ1v) is 6.79. The number of rotatable bonds is 3. The molecule has 0 N–H and O–H groups in total. The van der Waals surface area contributed by atoms with Gasteiger partial charge in [0.15, 0.2) is 11.7 Å². The molecule has 0 aliphatic rings. The number of aromatic nitrogens is 1. The Morgan fingerprint density at radius 2 is 2.12 bits per heavy atom. The highest BCUT2D eigenvalue weighted by atomic mass is 79.9. The molecule has 0 bridgehead atoms. The number of hydrogen-bond acceptors (Lipinski definition) is 2. The monoisotopic (exact) mass is 363 g/mol. The summed E-state index contributed by atoms with van der Waals surface area (Å²) in [5.41, 5.74) is 0.975. The molecule has 16 heavy (non-hydrogen) atoms.